The van der Waals surface area contributed by atoms with Crippen molar-refractivity contribution in [2.75, 3.05) is 13.2 Å². The summed E-state index contributed by atoms with van der Waals surface area (Å²) in [5.41, 5.74) is 2.24. The molecule has 0 radical (unpaired) electrons. The van der Waals surface area contributed by atoms with Crippen molar-refractivity contribution in [1.29, 1.82) is 0 Å². The van der Waals surface area contributed by atoms with Crippen LogP contribution in [0.1, 0.15) is 50.5 Å². The summed E-state index contributed by atoms with van der Waals surface area (Å²) in [6.45, 7) is 5.63. The number of hydrogen-bond acceptors (Lipinski definition) is 9. The number of benzene rings is 2. The lowest BCUT2D eigenvalue weighted by molar-refractivity contribution is -0.210. The molecule has 3 rings (SSSR count). The molecule has 0 saturated carbocycles. The number of rotatable bonds is 9. The monoisotopic (exact) mass is 532 g/mol. The van der Waals surface area contributed by atoms with Crippen LogP contribution in [0.3, 0.4) is 0 Å². The Kier molecular flexibility index (Phi) is 9.66. The molecule has 4 atom stereocenters. The molecule has 0 aliphatic carbocycles. The summed E-state index contributed by atoms with van der Waals surface area (Å²) < 4.78 is 27.1. The molecule has 1 heterocycles. The Labute approximate surface area is 219 Å². The third-order valence-electron chi connectivity index (χ3n) is 5.56. The topological polar surface area (TPSA) is 114 Å². The van der Waals surface area contributed by atoms with Gasteiger partial charge in [-0.3, -0.25) is 19.2 Å². The van der Waals surface area contributed by atoms with Crippen LogP contribution in [0.15, 0.2) is 42.5 Å². The van der Waals surface area contributed by atoms with E-state index in [1.807, 2.05) is 31.2 Å². The van der Waals surface area contributed by atoms with E-state index in [1.165, 1.54) is 6.92 Å². The Hall–Kier alpha value is -3.43. The van der Waals surface area contributed by atoms with Gasteiger partial charge >= 0.3 is 17.9 Å². The zero-order valence-electron chi connectivity index (χ0n) is 21.0. The van der Waals surface area contributed by atoms with Gasteiger partial charge in [-0.25, -0.2) is 0 Å². The second-order valence-electron chi connectivity index (χ2n) is 8.46. The van der Waals surface area contributed by atoms with E-state index in [1.54, 1.807) is 18.2 Å². The molecule has 198 valence electrons. The zero-order valence-corrected chi connectivity index (χ0v) is 21.8. The Morgan fingerprint density at radius 3 is 2.16 bits per heavy atom. The van der Waals surface area contributed by atoms with Crippen LogP contribution >= 0.6 is 11.6 Å². The summed E-state index contributed by atoms with van der Waals surface area (Å²) >= 11 is 6.48. The number of Topliss-reactive ketones (excluding diaryl/α,β-unsaturated/α-hetero) is 1. The Morgan fingerprint density at radius 1 is 0.919 bits per heavy atom. The molecule has 10 heteroatoms. The molecule has 2 aromatic rings. The maximum Gasteiger partial charge on any atom is 0.303 e. The Balaban J connectivity index is 1.95. The first-order valence-electron chi connectivity index (χ1n) is 11.8. The van der Waals surface area contributed by atoms with E-state index in [2.05, 4.69) is 0 Å². The van der Waals surface area contributed by atoms with Gasteiger partial charge in [0.25, 0.3) is 0 Å². The normalized spacial score (nSPS) is 21.2. The van der Waals surface area contributed by atoms with Crippen molar-refractivity contribution in [1.82, 2.24) is 0 Å². The third kappa shape index (κ3) is 7.53. The molecule has 0 spiro atoms. The highest BCUT2D eigenvalue weighted by molar-refractivity contribution is 6.31. The van der Waals surface area contributed by atoms with Gasteiger partial charge in [0.1, 0.15) is 24.6 Å². The van der Waals surface area contributed by atoms with Crippen molar-refractivity contribution >= 4 is 35.3 Å². The summed E-state index contributed by atoms with van der Waals surface area (Å²) in [4.78, 5) is 48.3. The minimum Gasteiger partial charge on any atom is -0.494 e. The van der Waals surface area contributed by atoms with Crippen molar-refractivity contribution in [3.05, 3.63) is 64.2 Å². The van der Waals surface area contributed by atoms with Gasteiger partial charge in [0, 0.05) is 25.8 Å². The van der Waals surface area contributed by atoms with Gasteiger partial charge in [0.15, 0.2) is 12.2 Å². The van der Waals surface area contributed by atoms with E-state index in [0.29, 0.717) is 23.6 Å². The molecule has 0 aromatic heterocycles. The fourth-order valence-corrected chi connectivity index (χ4v) is 4.20. The van der Waals surface area contributed by atoms with Crippen molar-refractivity contribution < 1.29 is 42.9 Å². The van der Waals surface area contributed by atoms with Gasteiger partial charge < -0.3 is 23.7 Å². The van der Waals surface area contributed by atoms with Crippen LogP contribution in [0.25, 0.3) is 0 Å². The van der Waals surface area contributed by atoms with Crippen LogP contribution < -0.4 is 4.74 Å². The van der Waals surface area contributed by atoms with Gasteiger partial charge in [-0.2, -0.15) is 0 Å². The third-order valence-corrected chi connectivity index (χ3v) is 5.93. The number of ether oxygens (including phenoxy) is 5. The lowest BCUT2D eigenvalue weighted by atomic mass is 9.90. The van der Waals surface area contributed by atoms with Crippen LogP contribution in [-0.4, -0.2) is 55.2 Å². The predicted molar refractivity (Wildman–Crippen MR) is 132 cm³/mol. The molecule has 0 unspecified atom stereocenters. The molecule has 1 aliphatic rings. The molecule has 9 nitrogen and oxygen atoms in total. The Morgan fingerprint density at radius 2 is 1.57 bits per heavy atom. The number of carbonyl (C=O) groups is 4. The highest BCUT2D eigenvalue weighted by Gasteiger charge is 2.49. The first kappa shape index (κ1) is 28.1. The number of ketones is 1. The first-order valence-corrected chi connectivity index (χ1v) is 12.1. The number of hydrogen-bond donors (Lipinski definition) is 0. The van der Waals surface area contributed by atoms with Gasteiger partial charge in [-0.15, -0.1) is 0 Å². The van der Waals surface area contributed by atoms with Crippen molar-refractivity contribution in [2.45, 2.75) is 58.5 Å². The zero-order chi connectivity index (χ0) is 27.1. The molecule has 0 amide bonds. The largest absolute Gasteiger partial charge is 0.494 e. The van der Waals surface area contributed by atoms with Crippen LogP contribution in [0, 0.1) is 0 Å². The Bertz CT molecular complexity index is 1150. The van der Waals surface area contributed by atoms with E-state index >= 15 is 0 Å². The molecule has 2 aromatic carbocycles. The predicted octanol–water partition coefficient (Wildman–Crippen LogP) is 3.77. The average molecular weight is 533 g/mol. The standard InChI is InChI=1S/C27H29ClO9/c1-5-33-21-9-6-18(7-10-21)12-20-13-19(8-11-22(20)28)25-27(36-17(4)31)24(32)26(35-16(3)30)23(37-25)14-34-15(2)29/h6-11,13,23,25-27H,5,12,14H2,1-4H3/t23-,25+,26+,27+/m1/s1. The fraction of sp³-hybridized carbons (Fsp3) is 0.407. The summed E-state index contributed by atoms with van der Waals surface area (Å²) in [5.74, 6) is -1.97. The van der Waals surface area contributed by atoms with Gasteiger partial charge in [0.2, 0.25) is 5.78 Å². The SMILES string of the molecule is CCOc1ccc(Cc2cc([C@@H]3O[C@H](COC(C)=O)[C@H](OC(C)=O)C(=O)[C@@H]3OC(C)=O)ccc2Cl)cc1. The van der Waals surface area contributed by atoms with Gasteiger partial charge in [-0.05, 0) is 48.2 Å². The summed E-state index contributed by atoms with van der Waals surface area (Å²) in [6.07, 6.45) is -4.50. The molecule has 0 bridgehead atoms. The second-order valence-corrected chi connectivity index (χ2v) is 8.87. The first-order chi connectivity index (χ1) is 17.6. The van der Waals surface area contributed by atoms with E-state index in [0.717, 1.165) is 30.7 Å². The average Bonchev–Trinajstić information content (AvgIpc) is 2.83. The van der Waals surface area contributed by atoms with E-state index in [-0.39, 0.29) is 6.61 Å². The van der Waals surface area contributed by atoms with Crippen molar-refractivity contribution in [2.24, 2.45) is 0 Å². The lowest BCUT2D eigenvalue weighted by Crippen LogP contribution is -2.55. The highest BCUT2D eigenvalue weighted by atomic mass is 35.5. The summed E-state index contributed by atoms with van der Waals surface area (Å²) in [7, 11) is 0. The van der Waals surface area contributed by atoms with E-state index < -0.39 is 48.1 Å². The molecule has 1 saturated heterocycles. The molecule has 37 heavy (non-hydrogen) atoms. The van der Waals surface area contributed by atoms with Crippen molar-refractivity contribution in [3.8, 4) is 5.75 Å². The minimum atomic E-state index is -1.42. The van der Waals surface area contributed by atoms with Gasteiger partial charge in [0.05, 0.1) is 6.61 Å². The van der Waals surface area contributed by atoms with Gasteiger partial charge in [-0.1, -0.05) is 35.9 Å². The molecule has 1 aliphatic heterocycles. The number of halogens is 1. The van der Waals surface area contributed by atoms with Crippen molar-refractivity contribution in [3.63, 3.8) is 0 Å². The maximum absolute atomic E-state index is 13.4. The minimum absolute atomic E-state index is 0.338. The van der Waals surface area contributed by atoms with Crippen LogP contribution in [-0.2, 0) is 44.5 Å². The molecular weight excluding hydrogens is 504 g/mol. The van der Waals surface area contributed by atoms with Crippen LogP contribution in [0.2, 0.25) is 5.02 Å². The smallest absolute Gasteiger partial charge is 0.303 e. The highest BCUT2D eigenvalue weighted by Crippen LogP contribution is 2.36. The molecule has 1 fully saturated rings. The second kappa shape index (κ2) is 12.7. The summed E-state index contributed by atoms with van der Waals surface area (Å²) in [5, 5.41) is 0.498. The molecule has 0 N–H and O–H groups in total. The summed E-state index contributed by atoms with van der Waals surface area (Å²) in [6, 6.07) is 12.7. The van der Waals surface area contributed by atoms with Crippen LogP contribution in [0.5, 0.6) is 5.75 Å². The van der Waals surface area contributed by atoms with E-state index in [4.69, 9.17) is 35.3 Å². The molecular formula is C27H29ClO9. The lowest BCUT2D eigenvalue weighted by Gasteiger charge is -2.39. The number of carbonyl (C=O) groups excluding carboxylic acids is 4. The quantitative estimate of drug-likeness (QED) is 0.351. The maximum atomic E-state index is 13.4. The fourth-order valence-electron chi connectivity index (χ4n) is 4.01. The van der Waals surface area contributed by atoms with E-state index in [9.17, 15) is 19.2 Å². The number of esters is 3. The van der Waals surface area contributed by atoms with Crippen LogP contribution in [0.4, 0.5) is 0 Å².